The van der Waals surface area contributed by atoms with Crippen LogP contribution in [0.1, 0.15) is 13.3 Å². The zero-order chi connectivity index (χ0) is 15.3. The highest BCUT2D eigenvalue weighted by molar-refractivity contribution is 5.59. The fraction of sp³-hybridized carbons (Fsp3) is 0.818. The molecule has 0 aromatic carbocycles. The van der Waals surface area contributed by atoms with Crippen molar-refractivity contribution in [1.82, 2.24) is 0 Å². The van der Waals surface area contributed by atoms with Crippen LogP contribution in [0.15, 0.2) is 0 Å². The summed E-state index contributed by atoms with van der Waals surface area (Å²) in [6.07, 6.45) is -0.994. The molecule has 1 rings (SSSR count). The van der Waals surface area contributed by atoms with Crippen molar-refractivity contribution < 1.29 is 38.7 Å². The van der Waals surface area contributed by atoms with Gasteiger partial charge in [0, 0.05) is 13.0 Å². The number of ether oxygens (including phenoxy) is 4. The molecule has 2 N–H and O–H groups in total. The van der Waals surface area contributed by atoms with E-state index in [1.54, 1.807) is 0 Å². The van der Waals surface area contributed by atoms with Crippen LogP contribution >= 0.6 is 0 Å². The molecule has 1 aliphatic heterocycles. The third kappa shape index (κ3) is 10.2. The van der Waals surface area contributed by atoms with Gasteiger partial charge in [-0.05, 0) is 6.42 Å². The lowest BCUT2D eigenvalue weighted by Crippen LogP contribution is -2.19. The number of hydrogen-bond acceptors (Lipinski definition) is 8. The second-order valence-corrected chi connectivity index (χ2v) is 3.46. The highest BCUT2D eigenvalue weighted by atomic mass is 16.7. The summed E-state index contributed by atoms with van der Waals surface area (Å²) in [7, 11) is 3.56. The Bertz CT molecular complexity index is 223. The monoisotopic (exact) mass is 282 g/mol. The van der Waals surface area contributed by atoms with Crippen molar-refractivity contribution in [3.8, 4) is 0 Å². The lowest BCUT2D eigenvalue weighted by molar-refractivity contribution is -0.126. The van der Waals surface area contributed by atoms with Crippen molar-refractivity contribution in [2.45, 2.75) is 25.7 Å². The molecule has 8 nitrogen and oxygen atoms in total. The number of aliphatic hydroxyl groups excluding tert-OH is 2. The molecule has 0 aliphatic carbocycles. The largest absolute Gasteiger partial charge is 0.508 e. The number of methoxy groups -OCH3 is 2. The summed E-state index contributed by atoms with van der Waals surface area (Å²) in [6.45, 7) is 2.39. The summed E-state index contributed by atoms with van der Waals surface area (Å²) in [4.78, 5) is 19.5. The van der Waals surface area contributed by atoms with Crippen LogP contribution in [0.5, 0.6) is 0 Å². The van der Waals surface area contributed by atoms with Crippen LogP contribution in [0, 0.1) is 5.92 Å². The third-order valence-electron chi connectivity index (χ3n) is 2.10. The smallest absolute Gasteiger partial charge is 0.471 e. The van der Waals surface area contributed by atoms with E-state index in [1.165, 1.54) is 14.2 Å². The summed E-state index contributed by atoms with van der Waals surface area (Å²) in [5.41, 5.74) is 0. The van der Waals surface area contributed by atoms with E-state index in [0.717, 1.165) is 7.11 Å². The van der Waals surface area contributed by atoms with Gasteiger partial charge in [-0.15, -0.1) is 0 Å². The Morgan fingerprint density at radius 3 is 2.26 bits per heavy atom. The molecule has 0 aromatic rings. The van der Waals surface area contributed by atoms with Crippen LogP contribution < -0.4 is 0 Å². The maximum Gasteiger partial charge on any atom is 0.508 e. The van der Waals surface area contributed by atoms with E-state index in [2.05, 4.69) is 14.2 Å². The van der Waals surface area contributed by atoms with Crippen LogP contribution in [-0.4, -0.2) is 63.2 Å². The highest BCUT2D eigenvalue weighted by Crippen LogP contribution is 2.24. The van der Waals surface area contributed by atoms with Gasteiger partial charge in [-0.1, -0.05) is 6.92 Å². The summed E-state index contributed by atoms with van der Waals surface area (Å²) in [6, 6.07) is 0. The van der Waals surface area contributed by atoms with Gasteiger partial charge in [0.2, 0.25) is 0 Å². The SMILES string of the molecule is CO.COC(=O)OCC1CC(C)C(O)O1.COC=O. The van der Waals surface area contributed by atoms with Crippen LogP contribution in [0.25, 0.3) is 0 Å². The third-order valence-corrected chi connectivity index (χ3v) is 2.10. The standard InChI is InChI=1S/C8H14O5.C2H4O2.CH4O/c1-5-3-6(13-7(5)9)4-12-8(10)11-2;1-4-2-3;1-2/h5-7,9H,3-4H2,1-2H3;2H,1H3;2H,1H3. The van der Waals surface area contributed by atoms with E-state index in [9.17, 15) is 9.90 Å². The number of hydrogen-bond donors (Lipinski definition) is 2. The van der Waals surface area contributed by atoms with Crippen LogP contribution in [-0.2, 0) is 23.7 Å². The quantitative estimate of drug-likeness (QED) is 0.545. The zero-order valence-corrected chi connectivity index (χ0v) is 11.6. The molecule has 0 saturated carbocycles. The fourth-order valence-corrected chi connectivity index (χ4v) is 1.25. The Morgan fingerprint density at radius 2 is 1.95 bits per heavy atom. The van der Waals surface area contributed by atoms with Gasteiger partial charge in [-0.25, -0.2) is 4.79 Å². The molecule has 19 heavy (non-hydrogen) atoms. The molecule has 0 radical (unpaired) electrons. The maximum absolute atomic E-state index is 10.6. The molecule has 1 fully saturated rings. The second-order valence-electron chi connectivity index (χ2n) is 3.46. The summed E-state index contributed by atoms with van der Waals surface area (Å²) in [5.74, 6) is 0.0891. The molecule has 1 heterocycles. The first kappa shape index (κ1) is 19.9. The van der Waals surface area contributed by atoms with Crippen molar-refractivity contribution in [2.24, 2.45) is 5.92 Å². The van der Waals surface area contributed by atoms with E-state index in [4.69, 9.17) is 14.6 Å². The van der Waals surface area contributed by atoms with Gasteiger partial charge in [-0.3, -0.25) is 4.79 Å². The van der Waals surface area contributed by atoms with E-state index < -0.39 is 12.4 Å². The van der Waals surface area contributed by atoms with E-state index in [-0.39, 0.29) is 18.6 Å². The van der Waals surface area contributed by atoms with E-state index in [1.807, 2.05) is 6.92 Å². The number of rotatable bonds is 3. The lowest BCUT2D eigenvalue weighted by atomic mass is 10.1. The Hall–Kier alpha value is -1.38. The maximum atomic E-state index is 10.6. The Labute approximate surface area is 112 Å². The van der Waals surface area contributed by atoms with Crippen molar-refractivity contribution >= 4 is 12.6 Å². The number of carbonyl (C=O) groups is 2. The van der Waals surface area contributed by atoms with Crippen molar-refractivity contribution in [3.05, 3.63) is 0 Å². The van der Waals surface area contributed by atoms with E-state index >= 15 is 0 Å². The normalized spacial score (nSPS) is 24.0. The molecular weight excluding hydrogens is 260 g/mol. The molecular formula is C11H22O8. The van der Waals surface area contributed by atoms with Crippen molar-refractivity contribution in [3.63, 3.8) is 0 Å². The first-order valence-corrected chi connectivity index (χ1v) is 5.50. The minimum absolute atomic E-state index is 0.0891. The first-order valence-electron chi connectivity index (χ1n) is 5.50. The van der Waals surface area contributed by atoms with Gasteiger partial charge in [0.1, 0.15) is 6.61 Å². The predicted octanol–water partition coefficient (Wildman–Crippen LogP) is -0.0895. The van der Waals surface area contributed by atoms with Crippen LogP contribution in [0.3, 0.4) is 0 Å². The molecule has 1 aliphatic rings. The van der Waals surface area contributed by atoms with Gasteiger partial charge in [0.25, 0.3) is 6.47 Å². The van der Waals surface area contributed by atoms with Gasteiger partial charge < -0.3 is 29.2 Å². The van der Waals surface area contributed by atoms with Crippen LogP contribution in [0.2, 0.25) is 0 Å². The Balaban J connectivity index is 0. The minimum Gasteiger partial charge on any atom is -0.471 e. The predicted molar refractivity (Wildman–Crippen MR) is 64.2 cm³/mol. The number of carbonyl (C=O) groups excluding carboxylic acids is 2. The first-order chi connectivity index (χ1) is 9.04. The molecule has 3 unspecified atom stereocenters. The molecule has 1 saturated heterocycles. The van der Waals surface area contributed by atoms with Crippen molar-refractivity contribution in [1.29, 1.82) is 0 Å². The molecule has 8 heteroatoms. The average Bonchev–Trinajstić information content (AvgIpc) is 2.77. The molecule has 114 valence electrons. The van der Waals surface area contributed by atoms with Gasteiger partial charge in [0.15, 0.2) is 6.29 Å². The Morgan fingerprint density at radius 1 is 1.42 bits per heavy atom. The van der Waals surface area contributed by atoms with Crippen molar-refractivity contribution in [2.75, 3.05) is 27.9 Å². The summed E-state index contributed by atoms with van der Waals surface area (Å²) < 4.78 is 17.9. The summed E-state index contributed by atoms with van der Waals surface area (Å²) in [5, 5.41) is 16.2. The summed E-state index contributed by atoms with van der Waals surface area (Å²) >= 11 is 0. The topological polar surface area (TPSA) is 112 Å². The van der Waals surface area contributed by atoms with Gasteiger partial charge in [0.05, 0.1) is 20.3 Å². The fourth-order valence-electron chi connectivity index (χ4n) is 1.25. The van der Waals surface area contributed by atoms with Gasteiger partial charge in [-0.2, -0.15) is 0 Å². The molecule has 0 amide bonds. The van der Waals surface area contributed by atoms with E-state index in [0.29, 0.717) is 12.9 Å². The zero-order valence-electron chi connectivity index (χ0n) is 11.6. The lowest BCUT2D eigenvalue weighted by Gasteiger charge is -2.09. The number of aliphatic hydroxyl groups is 2. The molecule has 0 bridgehead atoms. The van der Waals surface area contributed by atoms with Gasteiger partial charge >= 0.3 is 6.16 Å². The molecule has 3 atom stereocenters. The second kappa shape index (κ2) is 13.1. The minimum atomic E-state index is -0.744. The average molecular weight is 282 g/mol. The Kier molecular flexibility index (Phi) is 13.7. The molecule has 0 aromatic heterocycles. The highest BCUT2D eigenvalue weighted by Gasteiger charge is 2.31. The van der Waals surface area contributed by atoms with Crippen LogP contribution in [0.4, 0.5) is 4.79 Å². The molecule has 0 spiro atoms.